The first kappa shape index (κ1) is 36.1. The lowest BCUT2D eigenvalue weighted by Gasteiger charge is -2.27. The Morgan fingerprint density at radius 2 is 1.02 bits per heavy atom. The molecule has 0 atom stereocenters. The summed E-state index contributed by atoms with van der Waals surface area (Å²) in [5.74, 6) is -2.13. The van der Waals surface area contributed by atoms with E-state index >= 15 is 0 Å². The molecule has 1 N–H and O–H groups in total. The molecule has 0 fully saturated rings. The molecule has 0 spiro atoms. The number of nitrogens with zero attached hydrogens (tertiary/aromatic N) is 4. The summed E-state index contributed by atoms with van der Waals surface area (Å²) >= 11 is 0. The van der Waals surface area contributed by atoms with Gasteiger partial charge in [-0.2, -0.15) is 0 Å². The topological polar surface area (TPSA) is 184 Å². The highest BCUT2D eigenvalue weighted by molar-refractivity contribution is 5.96. The summed E-state index contributed by atoms with van der Waals surface area (Å²) in [6, 6.07) is 10.3. The van der Waals surface area contributed by atoms with Gasteiger partial charge in [0, 0.05) is 25.5 Å². The van der Waals surface area contributed by atoms with Gasteiger partial charge in [0.2, 0.25) is 0 Å². The third kappa shape index (κ3) is 15.3. The van der Waals surface area contributed by atoms with E-state index in [0.717, 1.165) is 0 Å². The molecule has 0 saturated heterocycles. The van der Waals surface area contributed by atoms with Crippen molar-refractivity contribution in [2.75, 3.05) is 13.1 Å². The van der Waals surface area contributed by atoms with E-state index in [1.54, 1.807) is 95.7 Å². The van der Waals surface area contributed by atoms with Crippen molar-refractivity contribution in [1.29, 1.82) is 0 Å². The van der Waals surface area contributed by atoms with Crippen molar-refractivity contribution in [1.82, 2.24) is 25.1 Å². The summed E-state index contributed by atoms with van der Waals surface area (Å²) in [4.78, 5) is 84.6. The Kier molecular flexibility index (Phi) is 13.4. The largest absolute Gasteiger partial charge is 0.444 e. The van der Waals surface area contributed by atoms with Crippen LogP contribution in [0.25, 0.3) is 0 Å². The smallest absolute Gasteiger partial charge is 0.424 e. The molecule has 244 valence electrons. The molecule has 0 aromatic carbocycles. The van der Waals surface area contributed by atoms with Gasteiger partial charge in [0.05, 0.1) is 37.3 Å². The van der Waals surface area contributed by atoms with Crippen LogP contribution in [0.15, 0.2) is 48.8 Å². The lowest BCUT2D eigenvalue weighted by Crippen LogP contribution is -2.39. The van der Waals surface area contributed by atoms with Gasteiger partial charge in [-0.15, -0.1) is 0 Å². The first-order chi connectivity index (χ1) is 21.0. The highest BCUT2D eigenvalue weighted by Crippen LogP contribution is 2.14. The van der Waals surface area contributed by atoms with Crippen LogP contribution >= 0.6 is 0 Å². The number of alkyl carbamates (subject to hydrolysis) is 2. The quantitative estimate of drug-likeness (QED) is 0.223. The number of amides is 4. The fraction of sp³-hybridized carbons (Fsp3) is 0.467. The predicted octanol–water partition coefficient (Wildman–Crippen LogP) is 4.35. The molecule has 15 nitrogen and oxygen atoms in total. The number of rotatable bonds is 10. The van der Waals surface area contributed by atoms with Crippen molar-refractivity contribution < 1.29 is 47.7 Å². The number of imide groups is 1. The van der Waals surface area contributed by atoms with Crippen molar-refractivity contribution in [3.05, 3.63) is 60.2 Å². The Hall–Kier alpha value is -5.08. The maximum Gasteiger partial charge on any atom is 0.424 e. The summed E-state index contributed by atoms with van der Waals surface area (Å²) in [5, 5.41) is 1.61. The number of pyridine rings is 2. The second-order valence-corrected chi connectivity index (χ2v) is 11.6. The highest BCUT2D eigenvalue weighted by atomic mass is 16.6. The minimum absolute atomic E-state index is 0.0247. The van der Waals surface area contributed by atoms with Gasteiger partial charge in [-0.25, -0.2) is 24.5 Å². The normalized spacial score (nSPS) is 11.1. The van der Waals surface area contributed by atoms with Gasteiger partial charge in [0.15, 0.2) is 0 Å². The van der Waals surface area contributed by atoms with Crippen LogP contribution in [0.1, 0.15) is 65.8 Å². The number of carbonyl (C=O) groups excluding carboxylic acids is 6. The Morgan fingerprint density at radius 1 is 0.644 bits per heavy atom. The number of carbonyl (C=O) groups is 6. The van der Waals surface area contributed by atoms with Crippen LogP contribution in [0, 0.1) is 0 Å². The van der Waals surface area contributed by atoms with Gasteiger partial charge < -0.3 is 28.7 Å². The minimum atomic E-state index is -1.49. The van der Waals surface area contributed by atoms with Crippen LogP contribution in [0.4, 0.5) is 19.2 Å². The van der Waals surface area contributed by atoms with Gasteiger partial charge in [0.1, 0.15) is 11.2 Å². The van der Waals surface area contributed by atoms with E-state index in [4.69, 9.17) is 9.47 Å². The van der Waals surface area contributed by atoms with Gasteiger partial charge in [-0.1, -0.05) is 12.1 Å². The maximum absolute atomic E-state index is 12.7. The number of hydrogen-bond donors (Lipinski definition) is 1. The fourth-order valence-corrected chi connectivity index (χ4v) is 3.39. The van der Waals surface area contributed by atoms with Crippen LogP contribution in [-0.2, 0) is 41.6 Å². The third-order valence-electron chi connectivity index (χ3n) is 5.25. The van der Waals surface area contributed by atoms with E-state index in [0.29, 0.717) is 11.4 Å². The summed E-state index contributed by atoms with van der Waals surface area (Å²) in [6.07, 6.45) is -2.16. The monoisotopic (exact) mass is 629 g/mol. The Balaban J connectivity index is 1.86. The molecule has 2 aromatic rings. The highest BCUT2D eigenvalue weighted by Gasteiger charge is 2.26. The summed E-state index contributed by atoms with van der Waals surface area (Å²) in [7, 11) is 0. The van der Waals surface area contributed by atoms with Crippen molar-refractivity contribution in [3.8, 4) is 0 Å². The number of hydrogen-bond acceptors (Lipinski definition) is 12. The number of esters is 2. The zero-order chi connectivity index (χ0) is 33.6. The van der Waals surface area contributed by atoms with Crippen molar-refractivity contribution in [3.63, 3.8) is 0 Å². The molecule has 0 aliphatic heterocycles. The zero-order valence-corrected chi connectivity index (χ0v) is 26.2. The zero-order valence-electron chi connectivity index (χ0n) is 26.2. The molecular weight excluding hydrogens is 590 g/mol. The number of nitrogens with one attached hydrogen (secondary N) is 1. The Labute approximate surface area is 261 Å². The van der Waals surface area contributed by atoms with Crippen LogP contribution in [0.5, 0.6) is 0 Å². The molecule has 0 aliphatic rings. The molecular formula is C30H39N5O10. The second-order valence-electron chi connectivity index (χ2n) is 11.6. The SMILES string of the molecule is CC(C)(C)OC(=O)N(CCC(=O)OC(=O)NC(=O)OC(=O)CCN(Cc1ccccn1)C(=O)OC(C)(C)C)Cc1ccccn1. The molecule has 2 aromatic heterocycles. The molecule has 0 bridgehead atoms. The maximum atomic E-state index is 12.7. The molecule has 4 amide bonds. The van der Waals surface area contributed by atoms with Crippen LogP contribution in [0.3, 0.4) is 0 Å². The lowest BCUT2D eigenvalue weighted by atomic mass is 10.2. The van der Waals surface area contributed by atoms with Gasteiger partial charge >= 0.3 is 36.3 Å². The Morgan fingerprint density at radius 3 is 1.33 bits per heavy atom. The molecule has 0 radical (unpaired) electrons. The second kappa shape index (κ2) is 16.7. The van der Waals surface area contributed by atoms with E-state index in [1.807, 2.05) is 0 Å². The van der Waals surface area contributed by atoms with E-state index in [9.17, 15) is 28.8 Å². The molecule has 0 unspecified atom stereocenters. The number of ether oxygens (including phenoxy) is 4. The van der Waals surface area contributed by atoms with Crippen LogP contribution < -0.4 is 5.32 Å². The standard InChI is InChI=1S/C30H39N5O10/c1-29(2,3)44-27(40)34(19-21-11-7-9-15-31-21)17-13-23(36)42-25(38)33-26(39)43-24(37)14-18-35(28(41)45-30(4,5)6)20-22-12-8-10-16-32-22/h7-12,15-16H,13-14,17-20H2,1-6H3,(H,33,38,39). The summed E-state index contributed by atoms with van der Waals surface area (Å²) in [6.45, 7) is 9.79. The molecule has 2 heterocycles. The van der Waals surface area contributed by atoms with Crippen LogP contribution in [-0.4, -0.2) is 80.4 Å². The molecule has 2 rings (SSSR count). The average molecular weight is 630 g/mol. The van der Waals surface area contributed by atoms with Gasteiger partial charge in [0.25, 0.3) is 0 Å². The molecule has 0 saturated carbocycles. The van der Waals surface area contributed by atoms with Crippen LogP contribution in [0.2, 0.25) is 0 Å². The van der Waals surface area contributed by atoms with Gasteiger partial charge in [-0.05, 0) is 65.8 Å². The molecule has 0 aliphatic carbocycles. The third-order valence-corrected chi connectivity index (χ3v) is 5.25. The molecule has 15 heteroatoms. The predicted molar refractivity (Wildman–Crippen MR) is 157 cm³/mol. The van der Waals surface area contributed by atoms with Crippen molar-refractivity contribution in [2.45, 2.75) is 78.7 Å². The first-order valence-corrected chi connectivity index (χ1v) is 14.0. The average Bonchev–Trinajstić information content (AvgIpc) is 2.92. The first-order valence-electron chi connectivity index (χ1n) is 14.0. The number of aromatic nitrogens is 2. The summed E-state index contributed by atoms with van der Waals surface area (Å²) < 4.78 is 19.9. The van der Waals surface area contributed by atoms with E-state index in [-0.39, 0.29) is 26.2 Å². The molecule has 45 heavy (non-hydrogen) atoms. The Bertz CT molecular complexity index is 1220. The van der Waals surface area contributed by atoms with E-state index < -0.39 is 60.4 Å². The fourth-order valence-electron chi connectivity index (χ4n) is 3.39. The van der Waals surface area contributed by atoms with E-state index in [2.05, 4.69) is 19.4 Å². The minimum Gasteiger partial charge on any atom is -0.444 e. The summed E-state index contributed by atoms with van der Waals surface area (Å²) in [5.41, 5.74) is -0.532. The van der Waals surface area contributed by atoms with Crippen molar-refractivity contribution in [2.24, 2.45) is 0 Å². The lowest BCUT2D eigenvalue weighted by molar-refractivity contribution is -0.137. The van der Waals surface area contributed by atoms with E-state index in [1.165, 1.54) is 9.80 Å². The van der Waals surface area contributed by atoms with Crippen molar-refractivity contribution >= 4 is 36.3 Å². The van der Waals surface area contributed by atoms with Gasteiger partial charge in [-0.3, -0.25) is 19.6 Å².